The van der Waals surface area contributed by atoms with Crippen LogP contribution in [0.3, 0.4) is 0 Å². The normalized spacial score (nSPS) is 11.0. The van der Waals surface area contributed by atoms with Crippen molar-refractivity contribution in [2.24, 2.45) is 0 Å². The first kappa shape index (κ1) is 19.8. The summed E-state index contributed by atoms with van der Waals surface area (Å²) >= 11 is 0. The summed E-state index contributed by atoms with van der Waals surface area (Å²) in [6, 6.07) is 5.78. The summed E-state index contributed by atoms with van der Waals surface area (Å²) in [5, 5.41) is 5.28. The van der Waals surface area contributed by atoms with Crippen molar-refractivity contribution in [2.45, 2.75) is 6.18 Å². The number of pyridine rings is 2. The summed E-state index contributed by atoms with van der Waals surface area (Å²) in [5.74, 6) is -0.407. The first-order valence-corrected chi connectivity index (χ1v) is 8.07. The van der Waals surface area contributed by atoms with Crippen LogP contribution in [0.2, 0.25) is 0 Å². The molecule has 1 amide bonds. The highest BCUT2D eigenvalue weighted by Gasteiger charge is 2.29. The molecule has 29 heavy (non-hydrogen) atoms. The summed E-state index contributed by atoms with van der Waals surface area (Å²) in [7, 11) is 0. The summed E-state index contributed by atoms with van der Waals surface area (Å²) in [6.45, 7) is -1.50. The van der Waals surface area contributed by atoms with Gasteiger partial charge in [-0.2, -0.15) is 13.2 Å². The van der Waals surface area contributed by atoms with Crippen LogP contribution in [0.15, 0.2) is 49.1 Å². The van der Waals surface area contributed by atoms with Crippen LogP contribution in [0.5, 0.6) is 5.75 Å². The Hall–Kier alpha value is -3.96. The molecule has 3 aromatic heterocycles. The van der Waals surface area contributed by atoms with Crippen molar-refractivity contribution in [3.8, 4) is 5.75 Å². The lowest BCUT2D eigenvalue weighted by Crippen LogP contribution is -2.21. The average molecular weight is 405 g/mol. The maximum Gasteiger partial charge on any atom is 0.422 e. The van der Waals surface area contributed by atoms with Gasteiger partial charge in [-0.15, -0.1) is 0 Å². The van der Waals surface area contributed by atoms with E-state index in [2.05, 4.69) is 30.6 Å². The second-order valence-corrected chi connectivity index (χ2v) is 5.59. The van der Waals surface area contributed by atoms with Crippen molar-refractivity contribution in [1.82, 2.24) is 19.9 Å². The maximum absolute atomic E-state index is 12.5. The van der Waals surface area contributed by atoms with E-state index in [0.29, 0.717) is 11.5 Å². The number of carbonyl (C=O) groups excluding carboxylic acids is 1. The Bertz CT molecular complexity index is 997. The molecule has 0 unspecified atom stereocenters. The van der Waals surface area contributed by atoms with Crippen molar-refractivity contribution in [3.05, 3.63) is 54.7 Å². The van der Waals surface area contributed by atoms with Crippen LogP contribution < -0.4 is 21.1 Å². The Labute approximate surface area is 162 Å². The molecule has 3 rings (SSSR count). The summed E-state index contributed by atoms with van der Waals surface area (Å²) < 4.78 is 41.9. The number of alkyl halides is 3. The van der Waals surface area contributed by atoms with Crippen LogP contribution in [0, 0.1) is 0 Å². The third kappa shape index (κ3) is 5.76. The van der Waals surface area contributed by atoms with Gasteiger partial charge in [0, 0.05) is 18.5 Å². The minimum Gasteiger partial charge on any atom is -0.482 e. The van der Waals surface area contributed by atoms with E-state index in [0.717, 1.165) is 0 Å². The number of rotatable bonds is 6. The van der Waals surface area contributed by atoms with Gasteiger partial charge in [-0.1, -0.05) is 0 Å². The number of hydrogen-bond acceptors (Lipinski definition) is 8. The van der Waals surface area contributed by atoms with E-state index in [1.807, 2.05) is 0 Å². The number of nitrogens with one attached hydrogen (secondary N) is 2. The molecule has 0 saturated carbocycles. The minimum absolute atomic E-state index is 0.0300. The zero-order chi connectivity index (χ0) is 20.9. The van der Waals surface area contributed by atoms with Crippen molar-refractivity contribution in [1.29, 1.82) is 0 Å². The molecule has 0 aliphatic heterocycles. The second kappa shape index (κ2) is 8.37. The number of halogens is 3. The van der Waals surface area contributed by atoms with Crippen molar-refractivity contribution in [2.75, 3.05) is 23.0 Å². The van der Waals surface area contributed by atoms with E-state index in [1.54, 1.807) is 12.1 Å². The first-order chi connectivity index (χ1) is 13.8. The highest BCUT2D eigenvalue weighted by molar-refractivity contribution is 6.03. The van der Waals surface area contributed by atoms with Crippen LogP contribution in [0.4, 0.5) is 36.3 Å². The predicted octanol–water partition coefficient (Wildman–Crippen LogP) is 2.79. The average Bonchev–Trinajstić information content (AvgIpc) is 2.69. The maximum atomic E-state index is 12.5. The van der Waals surface area contributed by atoms with Crippen molar-refractivity contribution >= 4 is 29.0 Å². The molecule has 0 atom stereocenters. The SMILES string of the molecule is Nc1ccc(Nc2nccc(C(=O)Nc3cnccc3OCC(F)(F)F)n2)cn1. The molecule has 0 spiro atoms. The molecule has 0 fully saturated rings. The van der Waals surface area contributed by atoms with E-state index in [9.17, 15) is 18.0 Å². The Kier molecular flexibility index (Phi) is 5.71. The number of hydrogen-bond donors (Lipinski definition) is 3. The number of aromatic nitrogens is 4. The number of nitrogen functional groups attached to an aromatic ring is 1. The van der Waals surface area contributed by atoms with E-state index in [1.165, 1.54) is 36.9 Å². The number of amides is 1. The third-order valence-corrected chi connectivity index (χ3v) is 3.35. The zero-order valence-corrected chi connectivity index (χ0v) is 14.6. The van der Waals surface area contributed by atoms with Crippen LogP contribution in [0.1, 0.15) is 10.5 Å². The summed E-state index contributed by atoms with van der Waals surface area (Å²) in [5.41, 5.74) is 6.00. The topological polar surface area (TPSA) is 128 Å². The molecule has 0 aliphatic carbocycles. The highest BCUT2D eigenvalue weighted by atomic mass is 19.4. The van der Waals surface area contributed by atoms with Crippen molar-refractivity contribution in [3.63, 3.8) is 0 Å². The molecule has 0 aliphatic rings. The quantitative estimate of drug-likeness (QED) is 0.571. The third-order valence-electron chi connectivity index (χ3n) is 3.35. The predicted molar refractivity (Wildman–Crippen MR) is 97.7 cm³/mol. The molecule has 4 N–H and O–H groups in total. The van der Waals surface area contributed by atoms with E-state index in [4.69, 9.17) is 10.5 Å². The van der Waals surface area contributed by atoms with Gasteiger partial charge < -0.3 is 21.1 Å². The number of carbonyl (C=O) groups is 1. The van der Waals surface area contributed by atoms with Gasteiger partial charge in [-0.25, -0.2) is 15.0 Å². The molecule has 3 aromatic rings. The second-order valence-electron chi connectivity index (χ2n) is 5.59. The molecule has 0 bridgehead atoms. The summed E-state index contributed by atoms with van der Waals surface area (Å²) in [4.78, 5) is 28.2. The highest BCUT2D eigenvalue weighted by Crippen LogP contribution is 2.26. The molecule has 0 aromatic carbocycles. The number of anilines is 4. The van der Waals surface area contributed by atoms with Gasteiger partial charge >= 0.3 is 6.18 Å². The lowest BCUT2D eigenvalue weighted by atomic mass is 10.3. The van der Waals surface area contributed by atoms with E-state index >= 15 is 0 Å². The molecular formula is C17H14F3N7O2. The standard InChI is InChI=1S/C17H14F3N7O2/c18-17(19,20)9-29-13-4-5-22-8-12(13)26-15(28)11-3-6-23-16(27-11)25-10-1-2-14(21)24-7-10/h1-8H,9H2,(H2,21,24)(H,26,28)(H,23,25,27). The number of nitrogens with two attached hydrogens (primary N) is 1. The Morgan fingerprint density at radius 2 is 1.93 bits per heavy atom. The van der Waals surface area contributed by atoms with Crippen LogP contribution in [0.25, 0.3) is 0 Å². The van der Waals surface area contributed by atoms with Gasteiger partial charge in [-0.05, 0) is 18.2 Å². The molecular weight excluding hydrogens is 391 g/mol. The Morgan fingerprint density at radius 1 is 1.10 bits per heavy atom. The van der Waals surface area contributed by atoms with Crippen molar-refractivity contribution < 1.29 is 22.7 Å². The fraction of sp³-hybridized carbons (Fsp3) is 0.118. The van der Waals surface area contributed by atoms with Crippen LogP contribution in [-0.2, 0) is 0 Å². The fourth-order valence-corrected chi connectivity index (χ4v) is 2.10. The molecule has 12 heteroatoms. The Balaban J connectivity index is 1.72. The molecule has 0 radical (unpaired) electrons. The Morgan fingerprint density at radius 3 is 2.66 bits per heavy atom. The fourth-order valence-electron chi connectivity index (χ4n) is 2.10. The molecule has 150 valence electrons. The minimum atomic E-state index is -4.52. The molecule has 0 saturated heterocycles. The van der Waals surface area contributed by atoms with Gasteiger partial charge in [0.15, 0.2) is 6.61 Å². The lowest BCUT2D eigenvalue weighted by Gasteiger charge is -2.13. The lowest BCUT2D eigenvalue weighted by molar-refractivity contribution is -0.153. The monoisotopic (exact) mass is 405 g/mol. The zero-order valence-electron chi connectivity index (χ0n) is 14.6. The molecule has 9 nitrogen and oxygen atoms in total. The smallest absolute Gasteiger partial charge is 0.422 e. The van der Waals surface area contributed by atoms with E-state index in [-0.39, 0.29) is 23.1 Å². The van der Waals surface area contributed by atoms with E-state index < -0.39 is 18.7 Å². The van der Waals surface area contributed by atoms with Gasteiger partial charge in [-0.3, -0.25) is 9.78 Å². The largest absolute Gasteiger partial charge is 0.482 e. The number of ether oxygens (including phenoxy) is 1. The first-order valence-electron chi connectivity index (χ1n) is 8.07. The van der Waals surface area contributed by atoms with Gasteiger partial charge in [0.1, 0.15) is 22.9 Å². The van der Waals surface area contributed by atoms with Crippen LogP contribution >= 0.6 is 0 Å². The van der Waals surface area contributed by atoms with Gasteiger partial charge in [0.05, 0.1) is 18.1 Å². The van der Waals surface area contributed by atoms with Gasteiger partial charge in [0.2, 0.25) is 5.95 Å². The number of nitrogens with zero attached hydrogens (tertiary/aromatic N) is 4. The molecule has 3 heterocycles. The van der Waals surface area contributed by atoms with Crippen LogP contribution in [-0.4, -0.2) is 38.6 Å². The summed E-state index contributed by atoms with van der Waals surface area (Å²) in [6.07, 6.45) is 0.706. The van der Waals surface area contributed by atoms with Gasteiger partial charge in [0.25, 0.3) is 5.91 Å².